The predicted molar refractivity (Wildman–Crippen MR) is 117 cm³/mol. The molecule has 0 bridgehead atoms. The van der Waals surface area contributed by atoms with Crippen LogP contribution in [-0.4, -0.2) is 29.4 Å². The first-order valence-electron chi connectivity index (χ1n) is 8.63. The van der Waals surface area contributed by atoms with Gasteiger partial charge in [-0.05, 0) is 36.4 Å². The van der Waals surface area contributed by atoms with Crippen LogP contribution >= 0.6 is 34.7 Å². The average Bonchev–Trinajstić information content (AvgIpc) is 3.17. The minimum atomic E-state index is -0.748. The molecule has 3 rings (SSSR count). The molecule has 0 unspecified atom stereocenters. The SMILES string of the molecule is CC(=O)Nc1nc(C(=O)OCC(=O)Nc2ccccc2Sc2ccc(Cl)cc2)cs1. The summed E-state index contributed by atoms with van der Waals surface area (Å²) in [5.74, 6) is -1.52. The molecule has 1 aromatic heterocycles. The maximum absolute atomic E-state index is 12.3. The number of benzene rings is 2. The Morgan fingerprint density at radius 1 is 1.10 bits per heavy atom. The molecule has 0 aliphatic heterocycles. The second-order valence-corrected chi connectivity index (χ2v) is 8.31. The molecule has 2 aromatic carbocycles. The highest BCUT2D eigenvalue weighted by atomic mass is 35.5. The van der Waals surface area contributed by atoms with Crippen LogP contribution in [0.3, 0.4) is 0 Å². The van der Waals surface area contributed by atoms with E-state index in [1.165, 1.54) is 24.1 Å². The molecule has 0 atom stereocenters. The first-order valence-corrected chi connectivity index (χ1v) is 10.7. The number of amides is 2. The predicted octanol–water partition coefficient (Wildman–Crippen LogP) is 4.70. The lowest BCUT2D eigenvalue weighted by Crippen LogP contribution is -2.21. The summed E-state index contributed by atoms with van der Waals surface area (Å²) in [6.45, 7) is 0.874. The molecule has 3 aromatic rings. The summed E-state index contributed by atoms with van der Waals surface area (Å²) < 4.78 is 5.01. The van der Waals surface area contributed by atoms with Gasteiger partial charge in [0.15, 0.2) is 17.4 Å². The summed E-state index contributed by atoms with van der Waals surface area (Å²) in [6, 6.07) is 14.7. The molecule has 0 saturated heterocycles. The highest BCUT2D eigenvalue weighted by molar-refractivity contribution is 7.99. The normalized spacial score (nSPS) is 10.3. The van der Waals surface area contributed by atoms with Gasteiger partial charge in [-0.2, -0.15) is 0 Å². The number of carbonyl (C=O) groups is 3. The lowest BCUT2D eigenvalue weighted by atomic mass is 10.3. The van der Waals surface area contributed by atoms with Gasteiger partial charge in [-0.25, -0.2) is 9.78 Å². The Morgan fingerprint density at radius 3 is 2.57 bits per heavy atom. The topological polar surface area (TPSA) is 97.4 Å². The zero-order valence-corrected chi connectivity index (χ0v) is 18.1. The van der Waals surface area contributed by atoms with Crippen molar-refractivity contribution < 1.29 is 19.1 Å². The lowest BCUT2D eigenvalue weighted by molar-refractivity contribution is -0.119. The average molecular weight is 462 g/mol. The molecular weight excluding hydrogens is 446 g/mol. The van der Waals surface area contributed by atoms with Crippen molar-refractivity contribution in [3.63, 3.8) is 0 Å². The fourth-order valence-electron chi connectivity index (χ4n) is 2.26. The van der Waals surface area contributed by atoms with Gasteiger partial charge in [0, 0.05) is 27.1 Å². The Bertz CT molecular complexity index is 1070. The molecule has 0 aliphatic carbocycles. The molecule has 0 fully saturated rings. The summed E-state index contributed by atoms with van der Waals surface area (Å²) in [7, 11) is 0. The first kappa shape index (κ1) is 21.8. The van der Waals surface area contributed by atoms with Crippen molar-refractivity contribution in [1.29, 1.82) is 0 Å². The number of esters is 1. The molecule has 0 spiro atoms. The van der Waals surface area contributed by atoms with E-state index in [-0.39, 0.29) is 16.7 Å². The quantitative estimate of drug-likeness (QED) is 0.495. The van der Waals surface area contributed by atoms with Crippen LogP contribution in [0.5, 0.6) is 0 Å². The smallest absolute Gasteiger partial charge is 0.358 e. The van der Waals surface area contributed by atoms with Gasteiger partial charge in [-0.3, -0.25) is 9.59 Å². The third-order valence-corrected chi connectivity index (χ3v) is 5.63. The van der Waals surface area contributed by atoms with Gasteiger partial charge in [-0.15, -0.1) is 11.3 Å². The van der Waals surface area contributed by atoms with Gasteiger partial charge < -0.3 is 15.4 Å². The van der Waals surface area contributed by atoms with Gasteiger partial charge >= 0.3 is 5.97 Å². The standard InChI is InChI=1S/C20H16ClN3O4S2/c1-12(25)22-20-24-16(11-29-20)19(27)28-10-18(26)23-15-4-2-3-5-17(15)30-14-8-6-13(21)7-9-14/h2-9,11H,10H2,1H3,(H,23,26)(H,22,24,25). The fourth-order valence-corrected chi connectivity index (χ4v) is 4.01. The Balaban J connectivity index is 1.57. The second-order valence-electron chi connectivity index (χ2n) is 5.90. The molecule has 0 aliphatic rings. The van der Waals surface area contributed by atoms with E-state index >= 15 is 0 Å². The number of halogens is 1. The minimum absolute atomic E-state index is 0.0234. The summed E-state index contributed by atoms with van der Waals surface area (Å²) in [6.07, 6.45) is 0. The number of nitrogens with one attached hydrogen (secondary N) is 2. The number of carbonyl (C=O) groups excluding carboxylic acids is 3. The van der Waals surface area contributed by atoms with E-state index in [4.69, 9.17) is 16.3 Å². The van der Waals surface area contributed by atoms with Crippen LogP contribution in [0.15, 0.2) is 63.7 Å². The molecule has 2 N–H and O–H groups in total. The van der Waals surface area contributed by atoms with Crippen LogP contribution in [0.2, 0.25) is 5.02 Å². The van der Waals surface area contributed by atoms with Crippen molar-refractivity contribution in [3.8, 4) is 0 Å². The van der Waals surface area contributed by atoms with Crippen LogP contribution in [-0.2, 0) is 14.3 Å². The van der Waals surface area contributed by atoms with Crippen LogP contribution < -0.4 is 10.6 Å². The van der Waals surface area contributed by atoms with Crippen LogP contribution in [0, 0.1) is 0 Å². The van der Waals surface area contributed by atoms with Gasteiger partial charge in [0.25, 0.3) is 5.91 Å². The number of hydrogen-bond acceptors (Lipinski definition) is 7. The molecule has 30 heavy (non-hydrogen) atoms. The Kier molecular flexibility index (Phi) is 7.45. The van der Waals surface area contributed by atoms with Crippen molar-refractivity contribution in [2.24, 2.45) is 0 Å². The Labute approximate surface area is 185 Å². The fraction of sp³-hybridized carbons (Fsp3) is 0.100. The second kappa shape index (κ2) is 10.2. The molecule has 0 saturated carbocycles. The van der Waals surface area contributed by atoms with Gasteiger partial charge in [-0.1, -0.05) is 35.5 Å². The zero-order valence-electron chi connectivity index (χ0n) is 15.7. The van der Waals surface area contributed by atoms with Crippen molar-refractivity contribution >= 4 is 63.3 Å². The molecule has 1 heterocycles. The number of aromatic nitrogens is 1. The highest BCUT2D eigenvalue weighted by Crippen LogP contribution is 2.33. The maximum atomic E-state index is 12.3. The molecule has 2 amide bonds. The number of hydrogen-bond donors (Lipinski definition) is 2. The largest absolute Gasteiger partial charge is 0.451 e. The minimum Gasteiger partial charge on any atom is -0.451 e. The van der Waals surface area contributed by atoms with E-state index in [1.54, 1.807) is 24.3 Å². The third kappa shape index (κ3) is 6.31. The molecule has 7 nitrogen and oxygen atoms in total. The van der Waals surface area contributed by atoms with Crippen molar-refractivity contribution in [2.45, 2.75) is 16.7 Å². The van der Waals surface area contributed by atoms with Gasteiger partial charge in [0.1, 0.15) is 0 Å². The van der Waals surface area contributed by atoms with E-state index in [1.807, 2.05) is 24.3 Å². The maximum Gasteiger partial charge on any atom is 0.358 e. The Hall–Kier alpha value is -2.88. The van der Waals surface area contributed by atoms with Crippen molar-refractivity contribution in [2.75, 3.05) is 17.2 Å². The summed E-state index contributed by atoms with van der Waals surface area (Å²) in [5, 5.41) is 7.60. The summed E-state index contributed by atoms with van der Waals surface area (Å²) >= 11 is 8.47. The van der Waals surface area contributed by atoms with Crippen molar-refractivity contribution in [3.05, 3.63) is 64.6 Å². The van der Waals surface area contributed by atoms with Crippen LogP contribution in [0.1, 0.15) is 17.4 Å². The number of para-hydroxylation sites is 1. The number of nitrogens with zero attached hydrogens (tertiary/aromatic N) is 1. The van der Waals surface area contributed by atoms with E-state index in [0.29, 0.717) is 10.7 Å². The Morgan fingerprint density at radius 2 is 1.83 bits per heavy atom. The van der Waals surface area contributed by atoms with Crippen LogP contribution in [0.25, 0.3) is 0 Å². The number of ether oxygens (including phenoxy) is 1. The monoisotopic (exact) mass is 461 g/mol. The number of anilines is 2. The third-order valence-electron chi connectivity index (χ3n) is 3.53. The summed E-state index contributed by atoms with van der Waals surface area (Å²) in [5.41, 5.74) is 0.621. The molecule has 10 heteroatoms. The summed E-state index contributed by atoms with van der Waals surface area (Å²) in [4.78, 5) is 41.1. The first-order chi connectivity index (χ1) is 14.4. The van der Waals surface area contributed by atoms with Gasteiger partial charge in [0.2, 0.25) is 5.91 Å². The molecule has 0 radical (unpaired) electrons. The lowest BCUT2D eigenvalue weighted by Gasteiger charge is -2.11. The zero-order chi connectivity index (χ0) is 21.5. The van der Waals surface area contributed by atoms with Crippen LogP contribution in [0.4, 0.5) is 10.8 Å². The van der Waals surface area contributed by atoms with E-state index < -0.39 is 18.5 Å². The molecule has 154 valence electrons. The highest BCUT2D eigenvalue weighted by Gasteiger charge is 2.15. The van der Waals surface area contributed by atoms with Crippen molar-refractivity contribution in [1.82, 2.24) is 4.98 Å². The molecular formula is C20H16ClN3O4S2. The van der Waals surface area contributed by atoms with Gasteiger partial charge in [0.05, 0.1) is 5.69 Å². The number of rotatable bonds is 7. The van der Waals surface area contributed by atoms with E-state index in [0.717, 1.165) is 21.1 Å². The van der Waals surface area contributed by atoms with E-state index in [9.17, 15) is 14.4 Å². The van der Waals surface area contributed by atoms with E-state index in [2.05, 4.69) is 15.6 Å². The number of thiazole rings is 1.